The van der Waals surface area contributed by atoms with Gasteiger partial charge in [-0.05, 0) is 83.5 Å². The molecule has 5 atom stereocenters. The van der Waals surface area contributed by atoms with Crippen LogP contribution in [-0.2, 0) is 46.3 Å². The van der Waals surface area contributed by atoms with Crippen LogP contribution in [0.4, 0.5) is 0 Å². The zero-order chi connectivity index (χ0) is 51.7. The van der Waals surface area contributed by atoms with Crippen LogP contribution in [0.2, 0.25) is 0 Å². The number of hydrogen-bond donors (Lipinski definition) is 5. The van der Waals surface area contributed by atoms with Crippen molar-refractivity contribution in [2.75, 3.05) is 39.6 Å². The Morgan fingerprint density at radius 2 is 0.614 bits per heavy atom. The van der Waals surface area contributed by atoms with Gasteiger partial charge in [-0.3, -0.25) is 27.7 Å². The van der Waals surface area contributed by atoms with Gasteiger partial charge in [0.1, 0.15) is 31.5 Å². The van der Waals surface area contributed by atoms with E-state index in [4.69, 9.17) is 18.5 Å². The number of carbonyl (C=O) groups excluding carboxylic acids is 2. The molecule has 0 rings (SSSR count). The first kappa shape index (κ1) is 67.7. The minimum atomic E-state index is -4.80. The molecule has 17 heteroatoms. The number of aliphatic hydroxyl groups excluding tert-OH is 3. The Morgan fingerprint density at radius 3 is 0.957 bits per heavy atom. The molecule has 0 aliphatic carbocycles. The van der Waals surface area contributed by atoms with Crippen molar-refractivity contribution in [2.24, 2.45) is 0 Å². The van der Waals surface area contributed by atoms with Crippen molar-refractivity contribution in [3.05, 3.63) is 60.8 Å². The van der Waals surface area contributed by atoms with Crippen molar-refractivity contribution in [2.45, 2.75) is 225 Å². The van der Waals surface area contributed by atoms with Crippen LogP contribution < -0.4 is 0 Å². The van der Waals surface area contributed by atoms with Crippen LogP contribution in [0.15, 0.2) is 60.8 Å². The van der Waals surface area contributed by atoms with Crippen LogP contribution >= 0.6 is 15.6 Å². The fraction of sp³-hybridized carbons (Fsp3) is 0.774. The number of esters is 2. The minimum Gasteiger partial charge on any atom is -0.463 e. The Bertz CT molecular complexity index is 1480. The third kappa shape index (κ3) is 50.7. The van der Waals surface area contributed by atoms with Crippen LogP contribution in [0.5, 0.6) is 0 Å². The van der Waals surface area contributed by atoms with Gasteiger partial charge in [0.15, 0.2) is 0 Å². The quantitative estimate of drug-likeness (QED) is 0.0165. The average Bonchev–Trinajstić information content (AvgIpc) is 3.34. The maximum absolute atomic E-state index is 12.2. The number of phosphoric ester groups is 2. The summed E-state index contributed by atoms with van der Waals surface area (Å²) < 4.78 is 53.1. The summed E-state index contributed by atoms with van der Waals surface area (Å²) in [7, 11) is -9.59. The molecule has 5 N–H and O–H groups in total. The van der Waals surface area contributed by atoms with Gasteiger partial charge in [0, 0.05) is 12.8 Å². The van der Waals surface area contributed by atoms with E-state index in [1.165, 1.54) is 83.5 Å². The van der Waals surface area contributed by atoms with Crippen LogP contribution in [0.25, 0.3) is 0 Å². The second-order valence-corrected chi connectivity index (χ2v) is 20.8. The summed E-state index contributed by atoms with van der Waals surface area (Å²) in [6, 6.07) is 0. The van der Waals surface area contributed by atoms with E-state index in [1.807, 2.05) is 0 Å². The van der Waals surface area contributed by atoms with Crippen LogP contribution in [0.1, 0.15) is 206 Å². The molecular formula is C53H96O15P2. The number of carbonyl (C=O) groups is 2. The molecule has 0 aliphatic heterocycles. The van der Waals surface area contributed by atoms with Crippen molar-refractivity contribution < 1.29 is 71.4 Å². The number of aliphatic hydroxyl groups is 3. The van der Waals surface area contributed by atoms with Crippen molar-refractivity contribution in [1.29, 1.82) is 0 Å². The molecule has 0 saturated carbocycles. The van der Waals surface area contributed by atoms with Gasteiger partial charge in [0.2, 0.25) is 0 Å². The molecule has 5 unspecified atom stereocenters. The average molecular weight is 1040 g/mol. The summed E-state index contributed by atoms with van der Waals surface area (Å²) in [5.41, 5.74) is 0. The lowest BCUT2D eigenvalue weighted by Crippen LogP contribution is -2.25. The molecule has 15 nitrogen and oxygen atoms in total. The van der Waals surface area contributed by atoms with E-state index < -0.39 is 85.5 Å². The van der Waals surface area contributed by atoms with Gasteiger partial charge < -0.3 is 34.6 Å². The second kappa shape index (κ2) is 49.0. The van der Waals surface area contributed by atoms with E-state index in [0.717, 1.165) is 83.5 Å². The van der Waals surface area contributed by atoms with E-state index in [1.54, 1.807) is 0 Å². The first-order valence-electron chi connectivity index (χ1n) is 26.6. The summed E-state index contributed by atoms with van der Waals surface area (Å²) in [6.07, 6.45) is 49.1. The summed E-state index contributed by atoms with van der Waals surface area (Å²) in [4.78, 5) is 43.9. The van der Waals surface area contributed by atoms with Crippen molar-refractivity contribution >= 4 is 27.6 Å². The van der Waals surface area contributed by atoms with Gasteiger partial charge in [-0.25, -0.2) is 9.13 Å². The number of hydrogen-bond acceptors (Lipinski definition) is 13. The van der Waals surface area contributed by atoms with Crippen LogP contribution in [-0.4, -0.2) is 95.0 Å². The summed E-state index contributed by atoms with van der Waals surface area (Å²) in [6.45, 7) is 0.376. The topological polar surface area (TPSA) is 225 Å². The van der Waals surface area contributed by atoms with Gasteiger partial charge in [-0.2, -0.15) is 0 Å². The molecule has 0 spiro atoms. The van der Waals surface area contributed by atoms with Crippen molar-refractivity contribution in [3.8, 4) is 0 Å². The molecule has 0 aliphatic rings. The Kier molecular flexibility index (Phi) is 47.4. The number of allylic oxidation sites excluding steroid dienone is 10. The Morgan fingerprint density at radius 1 is 0.371 bits per heavy atom. The molecule has 0 heterocycles. The van der Waals surface area contributed by atoms with E-state index >= 15 is 0 Å². The lowest BCUT2D eigenvalue weighted by molar-refractivity contribution is -0.148. The third-order valence-electron chi connectivity index (χ3n) is 10.9. The first-order chi connectivity index (χ1) is 33.8. The molecule has 0 aromatic carbocycles. The van der Waals surface area contributed by atoms with Gasteiger partial charge in [0.25, 0.3) is 0 Å². The normalized spacial score (nSPS) is 15.4. The molecule has 408 valence electrons. The Hall–Kier alpha value is -2.26. The SMILES string of the molecule is CCCCC/C=C\C/C=C\C/C=C\C/C=C\CCCCCCCC(=O)OCC(O)COP(=O)(O)OCC(O)COP(=O)(O)OCC(O)COC(=O)CCCCCCCCC/C=C/CCCCCCCC. The second-order valence-electron chi connectivity index (χ2n) is 17.9. The third-order valence-corrected chi connectivity index (χ3v) is 12.8. The molecule has 0 saturated heterocycles. The molecule has 0 bridgehead atoms. The van der Waals surface area contributed by atoms with Gasteiger partial charge in [-0.1, -0.05) is 171 Å². The summed E-state index contributed by atoms with van der Waals surface area (Å²) in [5, 5.41) is 30.1. The number of unbranched alkanes of at least 4 members (excludes halogenated alkanes) is 21. The van der Waals surface area contributed by atoms with E-state index in [2.05, 4.69) is 83.7 Å². The predicted molar refractivity (Wildman–Crippen MR) is 279 cm³/mol. The maximum atomic E-state index is 12.2. The summed E-state index contributed by atoms with van der Waals surface area (Å²) >= 11 is 0. The molecular weight excluding hydrogens is 939 g/mol. The van der Waals surface area contributed by atoms with Gasteiger partial charge >= 0.3 is 27.6 Å². The zero-order valence-electron chi connectivity index (χ0n) is 43.2. The molecule has 0 amide bonds. The highest BCUT2D eigenvalue weighted by molar-refractivity contribution is 7.47. The Labute approximate surface area is 422 Å². The number of phosphoric acid groups is 2. The predicted octanol–water partition coefficient (Wildman–Crippen LogP) is 12.9. The largest absolute Gasteiger partial charge is 0.472 e. The highest BCUT2D eigenvalue weighted by Gasteiger charge is 2.28. The van der Waals surface area contributed by atoms with Crippen LogP contribution in [0.3, 0.4) is 0 Å². The monoisotopic (exact) mass is 1030 g/mol. The Balaban J connectivity index is 3.88. The zero-order valence-corrected chi connectivity index (χ0v) is 45.0. The standard InChI is InChI=1S/C53H96O15P2/c1-3-5-7-9-11-13-15-17-19-21-22-23-24-26-28-30-32-34-36-38-40-42-53(58)64-44-50(55)46-66-70(61,62)68-48-51(56)47-67-69(59,60)65-45-49(54)43-63-52(57)41-39-37-35-33-31-29-27-25-20-18-16-14-12-10-8-6-4-2/h11,13,17-20,22-23,26,28,49-51,54-56H,3-10,12,14-16,21,24-25,27,29-48H2,1-2H3,(H,59,60)(H,61,62)/b13-11-,19-17-,20-18+,23-22-,28-26-. The minimum absolute atomic E-state index is 0.173. The van der Waals surface area contributed by atoms with E-state index in [9.17, 15) is 43.8 Å². The van der Waals surface area contributed by atoms with E-state index in [0.29, 0.717) is 12.8 Å². The lowest BCUT2D eigenvalue weighted by atomic mass is 10.1. The smallest absolute Gasteiger partial charge is 0.463 e. The fourth-order valence-corrected chi connectivity index (χ4v) is 8.37. The van der Waals surface area contributed by atoms with Crippen molar-refractivity contribution in [3.63, 3.8) is 0 Å². The van der Waals surface area contributed by atoms with E-state index in [-0.39, 0.29) is 12.8 Å². The molecule has 0 aromatic heterocycles. The van der Waals surface area contributed by atoms with Crippen molar-refractivity contribution in [1.82, 2.24) is 0 Å². The number of ether oxygens (including phenoxy) is 2. The molecule has 0 radical (unpaired) electrons. The summed E-state index contributed by atoms with van der Waals surface area (Å²) in [5.74, 6) is -1.02. The lowest BCUT2D eigenvalue weighted by Gasteiger charge is -2.19. The van der Waals surface area contributed by atoms with Gasteiger partial charge in [-0.15, -0.1) is 0 Å². The maximum Gasteiger partial charge on any atom is 0.472 e. The molecule has 70 heavy (non-hydrogen) atoms. The number of rotatable bonds is 51. The highest BCUT2D eigenvalue weighted by Crippen LogP contribution is 2.45. The molecule has 0 aromatic rings. The van der Waals surface area contributed by atoms with Gasteiger partial charge in [0.05, 0.1) is 26.4 Å². The first-order valence-corrected chi connectivity index (χ1v) is 29.6. The fourth-order valence-electron chi connectivity index (χ4n) is 6.78. The highest BCUT2D eigenvalue weighted by atomic mass is 31.2. The molecule has 0 fully saturated rings. The van der Waals surface area contributed by atoms with Crippen LogP contribution in [0, 0.1) is 0 Å².